The van der Waals surface area contributed by atoms with Crippen LogP contribution in [0, 0.1) is 5.82 Å². The van der Waals surface area contributed by atoms with Gasteiger partial charge in [-0.05, 0) is 42.7 Å². The van der Waals surface area contributed by atoms with Crippen molar-refractivity contribution in [3.8, 4) is 0 Å². The van der Waals surface area contributed by atoms with Crippen LogP contribution < -0.4 is 10.6 Å². The normalized spacial score (nSPS) is 15.7. The first kappa shape index (κ1) is 17.2. The van der Waals surface area contributed by atoms with Crippen molar-refractivity contribution in [2.24, 2.45) is 0 Å². The molecule has 2 aromatic rings. The zero-order chi connectivity index (χ0) is 17.7. The largest absolute Gasteiger partial charge is 0.459 e. The maximum atomic E-state index is 13.6. The second kappa shape index (κ2) is 7.51. The van der Waals surface area contributed by atoms with Crippen LogP contribution in [0.3, 0.4) is 0 Å². The van der Waals surface area contributed by atoms with Gasteiger partial charge in [-0.25, -0.2) is 4.39 Å². The lowest BCUT2D eigenvalue weighted by Crippen LogP contribution is -2.45. The first-order valence-corrected chi connectivity index (χ1v) is 8.48. The van der Waals surface area contributed by atoms with Crippen molar-refractivity contribution >= 4 is 11.8 Å². The van der Waals surface area contributed by atoms with E-state index in [2.05, 4.69) is 10.6 Å². The van der Waals surface area contributed by atoms with Gasteiger partial charge in [0.2, 0.25) is 5.91 Å². The summed E-state index contributed by atoms with van der Waals surface area (Å²) in [5.41, 5.74) is 0.0507. The lowest BCUT2D eigenvalue weighted by atomic mass is 9.78. The standard InChI is InChI=1S/C19H21FN2O3/c20-15-6-3-5-14(13-15)19(8-1-2-9-19)18(24)22-11-10-21-17(23)16-7-4-12-25-16/h3-7,12-13H,1-2,8-11H2,(H,21,23)(H,22,24). The number of carbonyl (C=O) groups is 2. The molecule has 2 amide bonds. The number of halogens is 1. The van der Waals surface area contributed by atoms with E-state index in [1.165, 1.54) is 18.4 Å². The van der Waals surface area contributed by atoms with Crippen molar-refractivity contribution < 1.29 is 18.4 Å². The van der Waals surface area contributed by atoms with Crippen LogP contribution in [0.15, 0.2) is 47.1 Å². The van der Waals surface area contributed by atoms with Crippen LogP contribution in [0.2, 0.25) is 0 Å². The fourth-order valence-corrected chi connectivity index (χ4v) is 3.43. The molecule has 0 atom stereocenters. The highest BCUT2D eigenvalue weighted by Crippen LogP contribution is 2.41. The van der Waals surface area contributed by atoms with Crippen LogP contribution in [-0.2, 0) is 10.2 Å². The van der Waals surface area contributed by atoms with Crippen LogP contribution in [0.5, 0.6) is 0 Å². The molecule has 0 unspecified atom stereocenters. The Bertz CT molecular complexity index is 737. The molecule has 0 aliphatic heterocycles. The predicted octanol–water partition coefficient (Wildman–Crippen LogP) is 2.78. The van der Waals surface area contributed by atoms with Crippen molar-refractivity contribution in [1.82, 2.24) is 10.6 Å². The van der Waals surface area contributed by atoms with E-state index in [9.17, 15) is 14.0 Å². The molecular formula is C19H21FN2O3. The fraction of sp³-hybridized carbons (Fsp3) is 0.368. The molecule has 3 rings (SSSR count). The molecule has 1 heterocycles. The van der Waals surface area contributed by atoms with Gasteiger partial charge in [0.15, 0.2) is 5.76 Å². The van der Waals surface area contributed by atoms with Crippen LogP contribution >= 0.6 is 0 Å². The zero-order valence-electron chi connectivity index (χ0n) is 13.9. The molecule has 1 aliphatic rings. The summed E-state index contributed by atoms with van der Waals surface area (Å²) < 4.78 is 18.6. The zero-order valence-corrected chi connectivity index (χ0v) is 13.9. The lowest BCUT2D eigenvalue weighted by molar-refractivity contribution is -0.126. The number of nitrogens with one attached hydrogen (secondary N) is 2. The number of hydrogen-bond donors (Lipinski definition) is 2. The third-order valence-corrected chi connectivity index (χ3v) is 4.71. The molecule has 0 bridgehead atoms. The van der Waals surface area contributed by atoms with E-state index in [0.717, 1.165) is 18.4 Å². The molecule has 2 N–H and O–H groups in total. The van der Waals surface area contributed by atoms with E-state index >= 15 is 0 Å². The molecule has 0 radical (unpaired) electrons. The molecule has 132 valence electrons. The van der Waals surface area contributed by atoms with E-state index in [0.29, 0.717) is 25.9 Å². The predicted molar refractivity (Wildman–Crippen MR) is 90.6 cm³/mol. The molecule has 1 saturated carbocycles. The molecular weight excluding hydrogens is 323 g/mol. The monoisotopic (exact) mass is 344 g/mol. The number of carbonyl (C=O) groups excluding carboxylic acids is 2. The van der Waals surface area contributed by atoms with Gasteiger partial charge in [-0.15, -0.1) is 0 Å². The molecule has 6 heteroatoms. The topological polar surface area (TPSA) is 71.3 Å². The van der Waals surface area contributed by atoms with Gasteiger partial charge in [0.05, 0.1) is 11.7 Å². The van der Waals surface area contributed by atoms with Gasteiger partial charge in [0, 0.05) is 13.1 Å². The average Bonchev–Trinajstić information content (AvgIpc) is 3.30. The number of amides is 2. The van der Waals surface area contributed by atoms with Gasteiger partial charge in [-0.2, -0.15) is 0 Å². The van der Waals surface area contributed by atoms with Crippen LogP contribution in [0.25, 0.3) is 0 Å². The van der Waals surface area contributed by atoms with E-state index in [1.54, 1.807) is 18.2 Å². The summed E-state index contributed by atoms with van der Waals surface area (Å²) >= 11 is 0. The minimum Gasteiger partial charge on any atom is -0.459 e. The third kappa shape index (κ3) is 3.73. The Morgan fingerprint density at radius 2 is 1.84 bits per heavy atom. The fourth-order valence-electron chi connectivity index (χ4n) is 3.43. The van der Waals surface area contributed by atoms with E-state index < -0.39 is 5.41 Å². The minimum atomic E-state index is -0.673. The number of benzene rings is 1. The molecule has 0 saturated heterocycles. The maximum absolute atomic E-state index is 13.6. The Labute approximate surface area is 145 Å². The van der Waals surface area contributed by atoms with Gasteiger partial charge < -0.3 is 15.1 Å². The maximum Gasteiger partial charge on any atom is 0.287 e. The van der Waals surface area contributed by atoms with Crippen molar-refractivity contribution in [3.05, 3.63) is 59.8 Å². The highest BCUT2D eigenvalue weighted by atomic mass is 19.1. The quantitative estimate of drug-likeness (QED) is 0.792. The summed E-state index contributed by atoms with van der Waals surface area (Å²) in [6.07, 6.45) is 4.74. The Morgan fingerprint density at radius 3 is 2.52 bits per heavy atom. The Hall–Kier alpha value is -2.63. The molecule has 1 aromatic heterocycles. The first-order valence-electron chi connectivity index (χ1n) is 8.48. The van der Waals surface area contributed by atoms with Gasteiger partial charge in [-0.3, -0.25) is 9.59 Å². The van der Waals surface area contributed by atoms with E-state index in [-0.39, 0.29) is 23.4 Å². The molecule has 1 aliphatic carbocycles. The highest BCUT2D eigenvalue weighted by Gasteiger charge is 2.42. The summed E-state index contributed by atoms with van der Waals surface area (Å²) in [6.45, 7) is 0.604. The van der Waals surface area contributed by atoms with E-state index in [4.69, 9.17) is 4.42 Å². The summed E-state index contributed by atoms with van der Waals surface area (Å²) in [5.74, 6) is -0.525. The summed E-state index contributed by atoms with van der Waals surface area (Å²) in [5, 5.41) is 5.56. The number of rotatable bonds is 6. The van der Waals surface area contributed by atoms with Crippen molar-refractivity contribution in [3.63, 3.8) is 0 Å². The molecule has 1 fully saturated rings. The second-order valence-corrected chi connectivity index (χ2v) is 6.29. The second-order valence-electron chi connectivity index (χ2n) is 6.29. The van der Waals surface area contributed by atoms with Gasteiger partial charge in [0.1, 0.15) is 5.82 Å². The molecule has 1 aromatic carbocycles. The van der Waals surface area contributed by atoms with Crippen LogP contribution in [-0.4, -0.2) is 24.9 Å². The Morgan fingerprint density at radius 1 is 1.08 bits per heavy atom. The first-order chi connectivity index (χ1) is 12.1. The average molecular weight is 344 g/mol. The van der Waals surface area contributed by atoms with Crippen LogP contribution in [0.1, 0.15) is 41.8 Å². The third-order valence-electron chi connectivity index (χ3n) is 4.71. The minimum absolute atomic E-state index is 0.108. The summed E-state index contributed by atoms with van der Waals surface area (Å²) in [6, 6.07) is 9.50. The van der Waals surface area contributed by atoms with Crippen molar-refractivity contribution in [2.75, 3.05) is 13.1 Å². The van der Waals surface area contributed by atoms with Gasteiger partial charge in [-0.1, -0.05) is 25.0 Å². The molecule has 25 heavy (non-hydrogen) atoms. The molecule has 5 nitrogen and oxygen atoms in total. The Balaban J connectivity index is 1.58. The summed E-state index contributed by atoms with van der Waals surface area (Å²) in [4.78, 5) is 24.6. The number of furan rings is 1. The highest BCUT2D eigenvalue weighted by molar-refractivity contribution is 5.91. The summed E-state index contributed by atoms with van der Waals surface area (Å²) in [7, 11) is 0. The van der Waals surface area contributed by atoms with Crippen molar-refractivity contribution in [1.29, 1.82) is 0 Å². The molecule has 0 spiro atoms. The number of hydrogen-bond acceptors (Lipinski definition) is 3. The lowest BCUT2D eigenvalue weighted by Gasteiger charge is -2.28. The van der Waals surface area contributed by atoms with Gasteiger partial charge >= 0.3 is 0 Å². The Kier molecular flexibility index (Phi) is 5.16. The van der Waals surface area contributed by atoms with Gasteiger partial charge in [0.25, 0.3) is 5.91 Å². The van der Waals surface area contributed by atoms with E-state index in [1.807, 2.05) is 6.07 Å². The smallest absolute Gasteiger partial charge is 0.287 e. The van der Waals surface area contributed by atoms with Crippen LogP contribution in [0.4, 0.5) is 4.39 Å². The SMILES string of the molecule is O=C(NCCNC(=O)C1(c2cccc(F)c2)CCCC1)c1ccco1. The van der Waals surface area contributed by atoms with Crippen molar-refractivity contribution in [2.45, 2.75) is 31.1 Å².